The smallest absolute Gasteiger partial charge is 0.306 e. The fraction of sp³-hybridized carbons (Fsp3) is 0.231. The van der Waals surface area contributed by atoms with Gasteiger partial charge in [-0.05, 0) is 25.0 Å². The van der Waals surface area contributed by atoms with Crippen molar-refractivity contribution in [2.75, 3.05) is 26.4 Å². The Morgan fingerprint density at radius 3 is 1.32 bits per heavy atom. The maximum Gasteiger partial charge on any atom is 0.354 e. The van der Waals surface area contributed by atoms with E-state index in [1.807, 2.05) is 72.8 Å². The van der Waals surface area contributed by atoms with Crippen LogP contribution in [0.15, 0.2) is 96.6 Å². The fourth-order valence-electron chi connectivity index (χ4n) is 2.71. The van der Waals surface area contributed by atoms with E-state index in [9.17, 15) is 9.13 Å². The van der Waals surface area contributed by atoms with Crippen LogP contribution in [0, 0.1) is 0 Å². The molecule has 182 valence electrons. The fourth-order valence-corrected chi connectivity index (χ4v) is 5.20. The molecule has 2 aromatic rings. The molecule has 6 nitrogen and oxygen atoms in total. The summed E-state index contributed by atoms with van der Waals surface area (Å²) in [5.74, 6) is 2.79. The number of benzene rings is 2. The second-order valence-corrected chi connectivity index (χ2v) is 10.6. The highest BCUT2D eigenvalue weighted by molar-refractivity contribution is 7.57. The topological polar surface area (TPSA) is 71.1 Å². The summed E-state index contributed by atoms with van der Waals surface area (Å²) in [5.41, 5.74) is 2.04. The minimum atomic E-state index is -3.47. The van der Waals surface area contributed by atoms with Gasteiger partial charge in [0.15, 0.2) is 0 Å². The lowest BCUT2D eigenvalue weighted by Crippen LogP contribution is -2.04. The van der Waals surface area contributed by atoms with Crippen molar-refractivity contribution < 1.29 is 27.2 Å². The first-order valence-corrected chi connectivity index (χ1v) is 14.3. The third kappa shape index (κ3) is 11.2. The monoisotopic (exact) mass is 502 g/mol. The SMILES string of the molecule is CCOP(=O)(/C=C/C=C/c1ccccc1)OCCOP(=O)(/C=C/C=C/c1ccccc1)OCC. The van der Waals surface area contributed by atoms with Gasteiger partial charge < -0.3 is 18.1 Å². The Morgan fingerprint density at radius 1 is 0.588 bits per heavy atom. The molecule has 2 unspecified atom stereocenters. The second-order valence-electron chi connectivity index (χ2n) is 6.80. The van der Waals surface area contributed by atoms with Crippen LogP contribution in [0.5, 0.6) is 0 Å². The van der Waals surface area contributed by atoms with Gasteiger partial charge in [0.1, 0.15) is 0 Å². The molecule has 0 aliphatic heterocycles. The molecule has 0 bridgehead atoms. The number of rotatable bonds is 15. The Bertz CT molecular complexity index is 960. The predicted molar refractivity (Wildman–Crippen MR) is 140 cm³/mol. The Hall–Kier alpha value is -2.30. The predicted octanol–water partition coefficient (Wildman–Crippen LogP) is 7.93. The third-order valence-corrected chi connectivity index (χ3v) is 7.58. The van der Waals surface area contributed by atoms with E-state index < -0.39 is 15.2 Å². The van der Waals surface area contributed by atoms with E-state index in [4.69, 9.17) is 18.1 Å². The molecule has 2 rings (SSSR count). The van der Waals surface area contributed by atoms with Crippen LogP contribution >= 0.6 is 15.2 Å². The molecule has 0 aliphatic carbocycles. The highest BCUT2D eigenvalue weighted by atomic mass is 31.2. The number of hydrogen-bond acceptors (Lipinski definition) is 6. The summed E-state index contributed by atoms with van der Waals surface area (Å²) in [4.78, 5) is 0. The van der Waals surface area contributed by atoms with E-state index in [0.29, 0.717) is 0 Å². The molecule has 34 heavy (non-hydrogen) atoms. The van der Waals surface area contributed by atoms with Crippen molar-refractivity contribution in [3.05, 3.63) is 108 Å². The highest BCUT2D eigenvalue weighted by Crippen LogP contribution is 2.52. The summed E-state index contributed by atoms with van der Waals surface area (Å²) in [5, 5.41) is 0. The minimum absolute atomic E-state index is 0.0746. The summed E-state index contributed by atoms with van der Waals surface area (Å²) in [7, 11) is -6.94. The molecule has 0 aliphatic rings. The average molecular weight is 502 g/mol. The molecule has 0 spiro atoms. The van der Waals surface area contributed by atoms with Gasteiger partial charge >= 0.3 is 15.2 Å². The largest absolute Gasteiger partial charge is 0.354 e. The van der Waals surface area contributed by atoms with E-state index in [1.54, 1.807) is 38.2 Å². The van der Waals surface area contributed by atoms with E-state index in [2.05, 4.69) is 0 Å². The molecule has 0 N–H and O–H groups in total. The van der Waals surface area contributed by atoms with Crippen molar-refractivity contribution in [3.8, 4) is 0 Å². The zero-order valence-corrected chi connectivity index (χ0v) is 21.4. The van der Waals surface area contributed by atoms with Gasteiger partial charge in [-0.25, -0.2) is 0 Å². The lowest BCUT2D eigenvalue weighted by atomic mass is 10.2. The molecular weight excluding hydrogens is 470 g/mol. The molecule has 2 atom stereocenters. The highest BCUT2D eigenvalue weighted by Gasteiger charge is 2.23. The maximum absolute atomic E-state index is 12.9. The normalized spacial score (nSPS) is 15.9. The third-order valence-electron chi connectivity index (χ3n) is 4.18. The Balaban J connectivity index is 1.88. The van der Waals surface area contributed by atoms with Gasteiger partial charge in [0.05, 0.1) is 26.4 Å². The molecule has 0 amide bonds. The molecular formula is C26H32O6P2. The van der Waals surface area contributed by atoms with Crippen LogP contribution in [-0.2, 0) is 27.2 Å². The van der Waals surface area contributed by atoms with Crippen LogP contribution in [0.3, 0.4) is 0 Å². The Labute approximate surface area is 202 Å². The van der Waals surface area contributed by atoms with E-state index in [0.717, 1.165) is 11.1 Å². The van der Waals surface area contributed by atoms with Crippen molar-refractivity contribution in [2.45, 2.75) is 13.8 Å². The van der Waals surface area contributed by atoms with Crippen LogP contribution in [0.25, 0.3) is 12.2 Å². The van der Waals surface area contributed by atoms with Crippen LogP contribution in [0.1, 0.15) is 25.0 Å². The first kappa shape index (κ1) is 27.9. The van der Waals surface area contributed by atoms with E-state index in [1.165, 1.54) is 11.6 Å². The minimum Gasteiger partial charge on any atom is -0.306 e. The molecule has 0 heterocycles. The van der Waals surface area contributed by atoms with Crippen LogP contribution in [-0.4, -0.2) is 26.4 Å². The molecule has 2 aromatic carbocycles. The van der Waals surface area contributed by atoms with Crippen LogP contribution in [0.2, 0.25) is 0 Å². The van der Waals surface area contributed by atoms with Gasteiger partial charge in [-0.2, -0.15) is 0 Å². The van der Waals surface area contributed by atoms with Gasteiger partial charge in [0.25, 0.3) is 0 Å². The Morgan fingerprint density at radius 2 is 0.971 bits per heavy atom. The Kier molecular flexibility index (Phi) is 12.8. The van der Waals surface area contributed by atoms with Crippen molar-refractivity contribution in [3.63, 3.8) is 0 Å². The van der Waals surface area contributed by atoms with E-state index in [-0.39, 0.29) is 26.4 Å². The molecule has 8 heteroatoms. The van der Waals surface area contributed by atoms with Gasteiger partial charge in [-0.3, -0.25) is 9.13 Å². The zero-order valence-electron chi connectivity index (χ0n) is 19.6. The summed E-state index contributed by atoms with van der Waals surface area (Å²) in [6, 6.07) is 19.5. The zero-order chi connectivity index (χ0) is 24.5. The first-order chi connectivity index (χ1) is 16.5. The standard InChI is InChI=1S/C26H32O6P2/c1-3-29-33(27,23-13-11-19-25-15-7-5-8-16-25)31-21-22-32-34(28,30-4-2)24-14-12-20-26-17-9-6-10-18-26/h5-20,23-24H,3-4,21-22H2,1-2H3/b19-11+,20-12+,23-13+,24-14+. The van der Waals surface area contributed by atoms with Crippen molar-refractivity contribution in [1.82, 2.24) is 0 Å². The summed E-state index contributed by atoms with van der Waals surface area (Å²) >= 11 is 0. The summed E-state index contributed by atoms with van der Waals surface area (Å²) in [6.07, 6.45) is 10.5. The molecule has 0 saturated carbocycles. The van der Waals surface area contributed by atoms with Crippen LogP contribution in [0.4, 0.5) is 0 Å². The van der Waals surface area contributed by atoms with Gasteiger partial charge in [-0.1, -0.05) is 97.1 Å². The van der Waals surface area contributed by atoms with Gasteiger partial charge in [0.2, 0.25) is 0 Å². The quantitative estimate of drug-likeness (QED) is 0.140. The summed E-state index contributed by atoms with van der Waals surface area (Å²) in [6.45, 7) is 3.76. The number of hydrogen-bond donors (Lipinski definition) is 0. The lowest BCUT2D eigenvalue weighted by molar-refractivity contribution is 0.160. The first-order valence-electron chi connectivity index (χ1n) is 11.1. The van der Waals surface area contributed by atoms with Crippen molar-refractivity contribution in [1.29, 1.82) is 0 Å². The molecule has 0 saturated heterocycles. The van der Waals surface area contributed by atoms with Crippen LogP contribution < -0.4 is 0 Å². The molecule has 0 radical (unpaired) electrons. The lowest BCUT2D eigenvalue weighted by Gasteiger charge is -2.16. The van der Waals surface area contributed by atoms with E-state index >= 15 is 0 Å². The number of allylic oxidation sites excluding steroid dienone is 4. The van der Waals surface area contributed by atoms with Crippen molar-refractivity contribution >= 4 is 27.3 Å². The van der Waals surface area contributed by atoms with Gasteiger partial charge in [0, 0.05) is 11.6 Å². The summed E-state index contributed by atoms with van der Waals surface area (Å²) < 4.78 is 47.3. The molecule has 0 aromatic heterocycles. The van der Waals surface area contributed by atoms with Gasteiger partial charge in [-0.15, -0.1) is 0 Å². The average Bonchev–Trinajstić information content (AvgIpc) is 2.84. The van der Waals surface area contributed by atoms with Crippen molar-refractivity contribution in [2.24, 2.45) is 0 Å². The molecule has 0 fully saturated rings. The second kappa shape index (κ2) is 15.6. The maximum atomic E-state index is 12.9.